The third kappa shape index (κ3) is 6.13. The number of pyridine rings is 1. The molecule has 1 aromatic carbocycles. The van der Waals surface area contributed by atoms with Gasteiger partial charge in [-0.3, -0.25) is 14.6 Å². The Balaban J connectivity index is 2.03. The summed E-state index contributed by atoms with van der Waals surface area (Å²) in [7, 11) is 0. The Bertz CT molecular complexity index is 955. The van der Waals surface area contributed by atoms with E-state index in [1.165, 1.54) is 4.90 Å². The number of aromatic nitrogens is 1. The maximum atomic E-state index is 12.4. The molecule has 1 heterocycles. The predicted molar refractivity (Wildman–Crippen MR) is 120 cm³/mol. The summed E-state index contributed by atoms with van der Waals surface area (Å²) in [6.07, 6.45) is -0.463. The van der Waals surface area contributed by atoms with Crippen LogP contribution in [0.25, 0.3) is 11.1 Å². The number of hydrogen-bond donors (Lipinski definition) is 3. The van der Waals surface area contributed by atoms with Crippen molar-refractivity contribution < 1.29 is 19.8 Å². The van der Waals surface area contributed by atoms with Gasteiger partial charge in [0.2, 0.25) is 0 Å². The van der Waals surface area contributed by atoms with Crippen LogP contribution in [0.4, 0.5) is 0 Å². The van der Waals surface area contributed by atoms with Gasteiger partial charge in [-0.05, 0) is 32.4 Å². The van der Waals surface area contributed by atoms with Crippen LogP contribution < -0.4 is 5.32 Å². The van der Waals surface area contributed by atoms with Gasteiger partial charge in [0, 0.05) is 30.4 Å². The van der Waals surface area contributed by atoms with E-state index in [-0.39, 0.29) is 0 Å². The summed E-state index contributed by atoms with van der Waals surface area (Å²) in [5.41, 5.74) is 2.58. The van der Waals surface area contributed by atoms with E-state index < -0.39 is 30.1 Å². The standard InChI is InChI=1S/C24H30N4O4/c1-4-6-13-28(5-2)24(32)22(30)21(29)23(31)27-16(3)20-12-11-18(15-26-20)19-10-8-7-9-17(19)14-25/h7-12,15-16,21-22,29-30H,4-6,13H2,1-3H3,(H,27,31)/t16?,21-,22-/m1/s1. The first-order chi connectivity index (χ1) is 15.3. The minimum Gasteiger partial charge on any atom is -0.380 e. The highest BCUT2D eigenvalue weighted by atomic mass is 16.3. The zero-order chi connectivity index (χ0) is 23.7. The number of nitriles is 1. The molecule has 1 aromatic heterocycles. The molecule has 0 spiro atoms. The van der Waals surface area contributed by atoms with Crippen LogP contribution >= 0.6 is 0 Å². The van der Waals surface area contributed by atoms with Gasteiger partial charge < -0.3 is 20.4 Å². The molecule has 2 rings (SSSR count). The molecule has 0 aliphatic rings. The van der Waals surface area contributed by atoms with E-state index in [1.54, 1.807) is 44.3 Å². The Morgan fingerprint density at radius 3 is 2.47 bits per heavy atom. The molecule has 32 heavy (non-hydrogen) atoms. The fourth-order valence-corrected chi connectivity index (χ4v) is 3.26. The quantitative estimate of drug-likeness (QED) is 0.522. The van der Waals surface area contributed by atoms with Crippen LogP contribution in [-0.4, -0.2) is 57.2 Å². The van der Waals surface area contributed by atoms with Crippen molar-refractivity contribution in [3.63, 3.8) is 0 Å². The topological polar surface area (TPSA) is 127 Å². The predicted octanol–water partition coefficient (Wildman–Crippen LogP) is 2.17. The number of hydrogen-bond acceptors (Lipinski definition) is 6. The highest BCUT2D eigenvalue weighted by Gasteiger charge is 2.33. The lowest BCUT2D eigenvalue weighted by atomic mass is 10.0. The number of aliphatic hydroxyl groups is 2. The Hall–Kier alpha value is -3.28. The van der Waals surface area contributed by atoms with Crippen LogP contribution in [0.3, 0.4) is 0 Å². The maximum Gasteiger partial charge on any atom is 0.254 e. The zero-order valence-corrected chi connectivity index (χ0v) is 18.7. The number of unbranched alkanes of at least 4 members (excludes halogenated alkanes) is 1. The third-order valence-corrected chi connectivity index (χ3v) is 5.24. The smallest absolute Gasteiger partial charge is 0.254 e. The van der Waals surface area contributed by atoms with Gasteiger partial charge in [-0.15, -0.1) is 0 Å². The molecule has 3 N–H and O–H groups in total. The number of carbonyl (C=O) groups is 2. The number of benzene rings is 1. The minimum absolute atomic E-state index is 0.381. The van der Waals surface area contributed by atoms with Crippen molar-refractivity contribution in [3.8, 4) is 17.2 Å². The van der Waals surface area contributed by atoms with Crippen LogP contribution in [0.5, 0.6) is 0 Å². The minimum atomic E-state index is -1.89. The van der Waals surface area contributed by atoms with Crippen molar-refractivity contribution in [2.45, 2.75) is 51.9 Å². The van der Waals surface area contributed by atoms with E-state index in [0.717, 1.165) is 24.0 Å². The van der Waals surface area contributed by atoms with E-state index in [1.807, 2.05) is 19.1 Å². The molecule has 0 aliphatic carbocycles. The first-order valence-electron chi connectivity index (χ1n) is 10.7. The molecule has 0 bridgehead atoms. The highest BCUT2D eigenvalue weighted by molar-refractivity contribution is 5.90. The monoisotopic (exact) mass is 438 g/mol. The number of rotatable bonds is 10. The van der Waals surface area contributed by atoms with Gasteiger partial charge in [0.15, 0.2) is 12.2 Å². The number of likely N-dealkylation sites (N-methyl/N-ethyl adjacent to an activating group) is 1. The summed E-state index contributed by atoms with van der Waals surface area (Å²) in [5.74, 6) is -1.53. The van der Waals surface area contributed by atoms with Crippen molar-refractivity contribution in [2.75, 3.05) is 13.1 Å². The van der Waals surface area contributed by atoms with Crippen LogP contribution in [0.1, 0.15) is 50.9 Å². The summed E-state index contributed by atoms with van der Waals surface area (Å²) in [6, 6.07) is 12.3. The van der Waals surface area contributed by atoms with Crippen molar-refractivity contribution in [3.05, 3.63) is 53.9 Å². The van der Waals surface area contributed by atoms with E-state index in [9.17, 15) is 25.1 Å². The second-order valence-corrected chi connectivity index (χ2v) is 7.52. The van der Waals surface area contributed by atoms with Gasteiger partial charge >= 0.3 is 0 Å². The van der Waals surface area contributed by atoms with Gasteiger partial charge in [0.1, 0.15) is 0 Å². The maximum absolute atomic E-state index is 12.4. The molecule has 8 nitrogen and oxygen atoms in total. The zero-order valence-electron chi connectivity index (χ0n) is 18.7. The first kappa shape index (κ1) is 25.0. The number of nitrogens with zero attached hydrogens (tertiary/aromatic N) is 3. The molecule has 0 aliphatic heterocycles. The SMILES string of the molecule is CCCCN(CC)C(=O)[C@H](O)[C@@H](O)C(=O)NC(C)c1ccc(-c2ccccc2C#N)cn1. The van der Waals surface area contributed by atoms with Gasteiger partial charge in [-0.2, -0.15) is 5.26 Å². The Morgan fingerprint density at radius 2 is 1.88 bits per heavy atom. The molecule has 2 aromatic rings. The lowest BCUT2D eigenvalue weighted by Gasteiger charge is -2.26. The van der Waals surface area contributed by atoms with E-state index in [4.69, 9.17) is 0 Å². The molecule has 0 radical (unpaired) electrons. The van der Waals surface area contributed by atoms with Crippen molar-refractivity contribution >= 4 is 11.8 Å². The highest BCUT2D eigenvalue weighted by Crippen LogP contribution is 2.23. The average Bonchev–Trinajstić information content (AvgIpc) is 2.83. The summed E-state index contributed by atoms with van der Waals surface area (Å²) in [4.78, 5) is 30.6. The summed E-state index contributed by atoms with van der Waals surface area (Å²) >= 11 is 0. The summed E-state index contributed by atoms with van der Waals surface area (Å²) < 4.78 is 0. The largest absolute Gasteiger partial charge is 0.380 e. The molecule has 0 saturated heterocycles. The Morgan fingerprint density at radius 1 is 1.16 bits per heavy atom. The third-order valence-electron chi connectivity index (χ3n) is 5.24. The molecule has 3 atom stereocenters. The normalized spacial score (nSPS) is 13.5. The molecule has 8 heteroatoms. The van der Waals surface area contributed by atoms with Crippen molar-refractivity contribution in [2.24, 2.45) is 0 Å². The van der Waals surface area contributed by atoms with Crippen LogP contribution in [-0.2, 0) is 9.59 Å². The van der Waals surface area contributed by atoms with Crippen molar-refractivity contribution in [1.29, 1.82) is 5.26 Å². The summed E-state index contributed by atoms with van der Waals surface area (Å²) in [6.45, 7) is 6.29. The van der Waals surface area contributed by atoms with Gasteiger partial charge in [0.05, 0.1) is 23.4 Å². The molecule has 1 unspecified atom stereocenters. The van der Waals surface area contributed by atoms with Gasteiger partial charge in [-0.1, -0.05) is 37.6 Å². The molecule has 0 fully saturated rings. The molecule has 0 saturated carbocycles. The average molecular weight is 439 g/mol. The van der Waals surface area contributed by atoms with Gasteiger partial charge in [0.25, 0.3) is 11.8 Å². The van der Waals surface area contributed by atoms with E-state index >= 15 is 0 Å². The number of aliphatic hydroxyl groups excluding tert-OH is 2. The molecule has 170 valence electrons. The van der Waals surface area contributed by atoms with Gasteiger partial charge in [-0.25, -0.2) is 0 Å². The first-order valence-corrected chi connectivity index (χ1v) is 10.7. The van der Waals surface area contributed by atoms with Crippen LogP contribution in [0, 0.1) is 11.3 Å². The van der Waals surface area contributed by atoms with E-state index in [2.05, 4.69) is 16.4 Å². The second kappa shape index (κ2) is 11.9. The van der Waals surface area contributed by atoms with Crippen LogP contribution in [0.15, 0.2) is 42.6 Å². The number of nitrogens with one attached hydrogen (secondary N) is 1. The Kier molecular flexibility index (Phi) is 9.32. The van der Waals surface area contributed by atoms with E-state index in [0.29, 0.717) is 24.3 Å². The molecular formula is C24H30N4O4. The Labute approximate surface area is 188 Å². The lowest BCUT2D eigenvalue weighted by molar-refractivity contribution is -0.153. The fourth-order valence-electron chi connectivity index (χ4n) is 3.26. The lowest BCUT2D eigenvalue weighted by Crippen LogP contribution is -2.51. The molecular weight excluding hydrogens is 408 g/mol. The fraction of sp³-hybridized carbons (Fsp3) is 0.417. The second-order valence-electron chi connectivity index (χ2n) is 7.52. The number of amides is 2. The van der Waals surface area contributed by atoms with Crippen LogP contribution in [0.2, 0.25) is 0 Å². The summed E-state index contributed by atoms with van der Waals surface area (Å²) in [5, 5.41) is 32.3. The molecule has 2 amide bonds. The van der Waals surface area contributed by atoms with Crippen molar-refractivity contribution in [1.82, 2.24) is 15.2 Å². The number of carbonyl (C=O) groups excluding carboxylic acids is 2.